The smallest absolute Gasteiger partial charge is 0.206 e. The number of aromatic nitrogens is 2. The summed E-state index contributed by atoms with van der Waals surface area (Å²) in [5.41, 5.74) is 2.29. The standard InChI is InChI=1S/C15H22N4/c1-11(2)13-10-19(9-8-16-13)15-17-12-6-4-5-7-14(12)18(15)3/h4-7,11,13,16H,8-10H2,1-3H3/t13-/m1/s1. The molecule has 1 aliphatic rings. The molecule has 2 heterocycles. The van der Waals surface area contributed by atoms with E-state index in [0.717, 1.165) is 31.1 Å². The first-order chi connectivity index (χ1) is 9.16. The molecule has 0 bridgehead atoms. The van der Waals surface area contributed by atoms with Gasteiger partial charge in [0.25, 0.3) is 0 Å². The summed E-state index contributed by atoms with van der Waals surface area (Å²) in [6.45, 7) is 7.65. The molecule has 1 atom stereocenters. The molecule has 1 aromatic heterocycles. The molecule has 0 radical (unpaired) electrons. The molecule has 0 spiro atoms. The summed E-state index contributed by atoms with van der Waals surface area (Å²) in [6, 6.07) is 8.89. The highest BCUT2D eigenvalue weighted by Crippen LogP contribution is 2.22. The van der Waals surface area contributed by atoms with Gasteiger partial charge in [0.1, 0.15) is 0 Å². The predicted molar refractivity (Wildman–Crippen MR) is 79.6 cm³/mol. The Morgan fingerprint density at radius 1 is 1.32 bits per heavy atom. The van der Waals surface area contributed by atoms with Gasteiger partial charge in [-0.1, -0.05) is 26.0 Å². The van der Waals surface area contributed by atoms with Crippen molar-refractivity contribution in [2.45, 2.75) is 19.9 Å². The van der Waals surface area contributed by atoms with Crippen LogP contribution in [-0.2, 0) is 7.05 Å². The van der Waals surface area contributed by atoms with Crippen LogP contribution >= 0.6 is 0 Å². The Morgan fingerprint density at radius 2 is 2.11 bits per heavy atom. The van der Waals surface area contributed by atoms with Crippen LogP contribution in [0.25, 0.3) is 11.0 Å². The van der Waals surface area contributed by atoms with Gasteiger partial charge >= 0.3 is 0 Å². The van der Waals surface area contributed by atoms with Crippen LogP contribution in [-0.4, -0.2) is 35.2 Å². The summed E-state index contributed by atoms with van der Waals surface area (Å²) in [5, 5.41) is 3.59. The second-order valence-electron chi connectivity index (χ2n) is 5.71. The molecule has 4 nitrogen and oxygen atoms in total. The summed E-state index contributed by atoms with van der Waals surface area (Å²) < 4.78 is 2.21. The van der Waals surface area contributed by atoms with Crippen LogP contribution in [0.3, 0.4) is 0 Å². The molecular formula is C15H22N4. The topological polar surface area (TPSA) is 33.1 Å². The third kappa shape index (κ3) is 2.21. The van der Waals surface area contributed by atoms with E-state index in [0.29, 0.717) is 12.0 Å². The van der Waals surface area contributed by atoms with E-state index in [1.165, 1.54) is 5.52 Å². The average Bonchev–Trinajstić information content (AvgIpc) is 2.77. The summed E-state index contributed by atoms with van der Waals surface area (Å²) in [4.78, 5) is 7.19. The van der Waals surface area contributed by atoms with Gasteiger partial charge in [0, 0.05) is 32.7 Å². The summed E-state index contributed by atoms with van der Waals surface area (Å²) in [6.07, 6.45) is 0. The maximum atomic E-state index is 4.79. The lowest BCUT2D eigenvalue weighted by Crippen LogP contribution is -2.53. The van der Waals surface area contributed by atoms with Gasteiger partial charge < -0.3 is 14.8 Å². The fourth-order valence-electron chi connectivity index (χ4n) is 2.82. The number of hydrogen-bond donors (Lipinski definition) is 1. The molecule has 0 amide bonds. The van der Waals surface area contributed by atoms with Crippen LogP contribution < -0.4 is 10.2 Å². The first-order valence-electron chi connectivity index (χ1n) is 7.06. The number of nitrogens with one attached hydrogen (secondary N) is 1. The van der Waals surface area contributed by atoms with Crippen LogP contribution in [0.4, 0.5) is 5.95 Å². The van der Waals surface area contributed by atoms with E-state index in [1.807, 2.05) is 6.07 Å². The second kappa shape index (κ2) is 4.85. The molecule has 3 rings (SSSR count). The number of benzene rings is 1. The summed E-state index contributed by atoms with van der Waals surface area (Å²) in [5.74, 6) is 1.74. The molecule has 0 aliphatic carbocycles. The number of nitrogens with zero attached hydrogens (tertiary/aromatic N) is 3. The normalized spacial score (nSPS) is 20.4. The van der Waals surface area contributed by atoms with Crippen molar-refractivity contribution in [2.75, 3.05) is 24.5 Å². The Balaban J connectivity index is 1.93. The van der Waals surface area contributed by atoms with Gasteiger partial charge in [-0.3, -0.25) is 0 Å². The van der Waals surface area contributed by atoms with Gasteiger partial charge in [-0.05, 0) is 18.1 Å². The van der Waals surface area contributed by atoms with E-state index in [4.69, 9.17) is 4.98 Å². The minimum Gasteiger partial charge on any atom is -0.339 e. The molecular weight excluding hydrogens is 236 g/mol. The zero-order valence-corrected chi connectivity index (χ0v) is 11.9. The van der Waals surface area contributed by atoms with E-state index in [9.17, 15) is 0 Å². The zero-order chi connectivity index (χ0) is 13.4. The van der Waals surface area contributed by atoms with Crippen LogP contribution in [0.15, 0.2) is 24.3 Å². The minimum absolute atomic E-state index is 0.550. The molecule has 0 unspecified atom stereocenters. The molecule has 1 aliphatic heterocycles. The van der Waals surface area contributed by atoms with E-state index in [2.05, 4.69) is 53.9 Å². The lowest BCUT2D eigenvalue weighted by Gasteiger charge is -2.36. The van der Waals surface area contributed by atoms with E-state index in [-0.39, 0.29) is 0 Å². The molecule has 0 saturated carbocycles. The number of hydrogen-bond acceptors (Lipinski definition) is 3. The highest BCUT2D eigenvalue weighted by atomic mass is 15.3. The number of aryl methyl sites for hydroxylation is 1. The predicted octanol–water partition coefficient (Wildman–Crippen LogP) is 2.01. The minimum atomic E-state index is 0.550. The SMILES string of the molecule is CC(C)[C@H]1CN(c2nc3ccccc3n2C)CCN1. The Labute approximate surface area is 114 Å². The largest absolute Gasteiger partial charge is 0.339 e. The maximum Gasteiger partial charge on any atom is 0.206 e. The van der Waals surface area contributed by atoms with Crippen molar-refractivity contribution in [2.24, 2.45) is 13.0 Å². The van der Waals surface area contributed by atoms with Crippen molar-refractivity contribution in [1.82, 2.24) is 14.9 Å². The molecule has 102 valence electrons. The summed E-state index contributed by atoms with van der Waals surface area (Å²) in [7, 11) is 2.11. The first-order valence-corrected chi connectivity index (χ1v) is 7.06. The number of fused-ring (bicyclic) bond motifs is 1. The fraction of sp³-hybridized carbons (Fsp3) is 0.533. The van der Waals surface area contributed by atoms with Gasteiger partial charge in [-0.15, -0.1) is 0 Å². The average molecular weight is 258 g/mol. The van der Waals surface area contributed by atoms with Gasteiger partial charge in [0.05, 0.1) is 11.0 Å². The Morgan fingerprint density at radius 3 is 2.84 bits per heavy atom. The number of anilines is 1. The third-order valence-corrected chi connectivity index (χ3v) is 4.06. The molecule has 4 heteroatoms. The maximum absolute atomic E-state index is 4.79. The van der Waals surface area contributed by atoms with Gasteiger partial charge in [-0.2, -0.15) is 0 Å². The second-order valence-corrected chi connectivity index (χ2v) is 5.71. The van der Waals surface area contributed by atoms with E-state index < -0.39 is 0 Å². The van der Waals surface area contributed by atoms with E-state index >= 15 is 0 Å². The van der Waals surface area contributed by atoms with Crippen molar-refractivity contribution in [3.05, 3.63) is 24.3 Å². The molecule has 2 aromatic rings. The van der Waals surface area contributed by atoms with Crippen LogP contribution in [0.1, 0.15) is 13.8 Å². The highest BCUT2D eigenvalue weighted by molar-refractivity contribution is 5.78. The zero-order valence-electron chi connectivity index (χ0n) is 11.9. The lowest BCUT2D eigenvalue weighted by molar-refractivity contribution is 0.365. The Kier molecular flexibility index (Phi) is 3.19. The van der Waals surface area contributed by atoms with Crippen molar-refractivity contribution in [1.29, 1.82) is 0 Å². The van der Waals surface area contributed by atoms with Crippen molar-refractivity contribution in [3.8, 4) is 0 Å². The van der Waals surface area contributed by atoms with Crippen LogP contribution in [0, 0.1) is 5.92 Å². The first kappa shape index (κ1) is 12.5. The van der Waals surface area contributed by atoms with Crippen LogP contribution in [0.2, 0.25) is 0 Å². The van der Waals surface area contributed by atoms with Crippen molar-refractivity contribution < 1.29 is 0 Å². The number of rotatable bonds is 2. The van der Waals surface area contributed by atoms with Crippen molar-refractivity contribution >= 4 is 17.0 Å². The number of para-hydroxylation sites is 2. The molecule has 1 N–H and O–H groups in total. The van der Waals surface area contributed by atoms with E-state index in [1.54, 1.807) is 0 Å². The van der Waals surface area contributed by atoms with Gasteiger partial charge in [0.15, 0.2) is 0 Å². The quantitative estimate of drug-likeness (QED) is 0.894. The molecule has 1 fully saturated rings. The van der Waals surface area contributed by atoms with Gasteiger partial charge in [0.2, 0.25) is 5.95 Å². The van der Waals surface area contributed by atoms with Crippen LogP contribution in [0.5, 0.6) is 0 Å². The molecule has 19 heavy (non-hydrogen) atoms. The van der Waals surface area contributed by atoms with Gasteiger partial charge in [-0.25, -0.2) is 4.98 Å². The lowest BCUT2D eigenvalue weighted by atomic mass is 10.0. The monoisotopic (exact) mass is 258 g/mol. The third-order valence-electron chi connectivity index (χ3n) is 4.06. The number of imidazole rings is 1. The molecule has 1 saturated heterocycles. The Bertz CT molecular complexity index is 573. The molecule has 1 aromatic carbocycles. The highest BCUT2D eigenvalue weighted by Gasteiger charge is 2.24. The van der Waals surface area contributed by atoms with Crippen molar-refractivity contribution in [3.63, 3.8) is 0 Å². The fourth-order valence-corrected chi connectivity index (χ4v) is 2.82. The number of piperazine rings is 1. The summed E-state index contributed by atoms with van der Waals surface area (Å²) >= 11 is 0. The Hall–Kier alpha value is -1.55.